The molecule has 0 saturated heterocycles. The van der Waals surface area contributed by atoms with Crippen molar-refractivity contribution in [1.29, 1.82) is 0 Å². The second-order valence-electron chi connectivity index (χ2n) is 4.75. The number of hydrogen-bond acceptors (Lipinski definition) is 2. The summed E-state index contributed by atoms with van der Waals surface area (Å²) in [4.78, 5) is 4.04. The molecule has 15 heavy (non-hydrogen) atoms. The zero-order valence-corrected chi connectivity index (χ0v) is 9.61. The molecule has 82 valence electrons. The Labute approximate surface area is 92.1 Å². The van der Waals surface area contributed by atoms with Crippen molar-refractivity contribution < 1.29 is 0 Å². The molecular weight excluding hydrogens is 184 g/mol. The number of nitrogens with zero attached hydrogens (tertiary/aromatic N) is 1. The van der Waals surface area contributed by atoms with Crippen LogP contribution in [0, 0.1) is 5.92 Å². The van der Waals surface area contributed by atoms with E-state index in [2.05, 4.69) is 36.3 Å². The van der Waals surface area contributed by atoms with Crippen molar-refractivity contribution in [2.24, 2.45) is 5.92 Å². The third-order valence-electron chi connectivity index (χ3n) is 3.12. The average molecular weight is 204 g/mol. The maximum Gasteiger partial charge on any atom is 0.0295 e. The van der Waals surface area contributed by atoms with Crippen molar-refractivity contribution in [2.75, 3.05) is 0 Å². The Hall–Kier alpha value is -0.890. The van der Waals surface area contributed by atoms with Crippen LogP contribution in [0.5, 0.6) is 0 Å². The quantitative estimate of drug-likeness (QED) is 0.797. The minimum Gasteiger partial charge on any atom is -0.308 e. The van der Waals surface area contributed by atoms with Crippen LogP contribution in [-0.4, -0.2) is 11.0 Å². The Kier molecular flexibility index (Phi) is 3.37. The number of hydrogen-bond donors (Lipinski definition) is 1. The van der Waals surface area contributed by atoms with E-state index in [0.717, 1.165) is 5.92 Å². The summed E-state index contributed by atoms with van der Waals surface area (Å²) in [5.41, 5.74) is 1.33. The van der Waals surface area contributed by atoms with Gasteiger partial charge in [-0.25, -0.2) is 0 Å². The van der Waals surface area contributed by atoms with Gasteiger partial charge in [-0.15, -0.1) is 0 Å². The van der Waals surface area contributed by atoms with E-state index in [4.69, 9.17) is 0 Å². The van der Waals surface area contributed by atoms with E-state index < -0.39 is 0 Å². The van der Waals surface area contributed by atoms with Crippen molar-refractivity contribution in [3.8, 4) is 0 Å². The number of nitrogens with one attached hydrogen (secondary N) is 1. The summed E-state index contributed by atoms with van der Waals surface area (Å²) >= 11 is 0. The van der Waals surface area contributed by atoms with E-state index in [1.54, 1.807) is 0 Å². The normalized spacial score (nSPS) is 19.9. The monoisotopic (exact) mass is 204 g/mol. The van der Waals surface area contributed by atoms with Crippen LogP contribution in [0.25, 0.3) is 0 Å². The molecule has 1 aliphatic rings. The summed E-state index contributed by atoms with van der Waals surface area (Å²) < 4.78 is 0. The van der Waals surface area contributed by atoms with Gasteiger partial charge in [0, 0.05) is 24.5 Å². The van der Waals surface area contributed by atoms with E-state index in [0.29, 0.717) is 12.1 Å². The minimum atomic E-state index is 0.432. The van der Waals surface area contributed by atoms with E-state index in [9.17, 15) is 0 Å². The van der Waals surface area contributed by atoms with Crippen LogP contribution < -0.4 is 5.32 Å². The molecule has 2 unspecified atom stereocenters. The molecule has 0 bridgehead atoms. The van der Waals surface area contributed by atoms with Gasteiger partial charge < -0.3 is 5.32 Å². The smallest absolute Gasteiger partial charge is 0.0295 e. The molecule has 0 amide bonds. The highest BCUT2D eigenvalue weighted by molar-refractivity contribution is 5.14. The first-order chi connectivity index (χ1) is 7.25. The van der Waals surface area contributed by atoms with Crippen LogP contribution >= 0.6 is 0 Å². The Balaban J connectivity index is 1.82. The van der Waals surface area contributed by atoms with Crippen molar-refractivity contribution in [3.63, 3.8) is 0 Å². The Morgan fingerprint density at radius 2 is 2.00 bits per heavy atom. The molecule has 1 heterocycles. The highest BCUT2D eigenvalue weighted by Crippen LogP contribution is 2.33. The van der Waals surface area contributed by atoms with Gasteiger partial charge in [-0.1, -0.05) is 12.8 Å². The lowest BCUT2D eigenvalue weighted by molar-refractivity contribution is 0.438. The highest BCUT2D eigenvalue weighted by atomic mass is 14.9. The first-order valence-corrected chi connectivity index (χ1v) is 5.91. The summed E-state index contributed by atoms with van der Waals surface area (Å²) in [7, 11) is 0. The molecule has 1 aromatic rings. The van der Waals surface area contributed by atoms with Gasteiger partial charge in [-0.2, -0.15) is 0 Å². The summed E-state index contributed by atoms with van der Waals surface area (Å²) in [6.45, 7) is 4.51. The van der Waals surface area contributed by atoms with Gasteiger partial charge in [0.2, 0.25) is 0 Å². The second-order valence-corrected chi connectivity index (χ2v) is 4.75. The highest BCUT2D eigenvalue weighted by Gasteiger charge is 2.24. The van der Waals surface area contributed by atoms with Crippen molar-refractivity contribution in [3.05, 3.63) is 30.1 Å². The minimum absolute atomic E-state index is 0.432. The van der Waals surface area contributed by atoms with Crippen LogP contribution in [-0.2, 0) is 0 Å². The molecule has 0 spiro atoms. The lowest BCUT2D eigenvalue weighted by Crippen LogP contribution is -2.29. The van der Waals surface area contributed by atoms with Crippen LogP contribution in [0.1, 0.15) is 44.7 Å². The van der Waals surface area contributed by atoms with Crippen molar-refractivity contribution in [2.45, 2.75) is 45.2 Å². The predicted molar refractivity (Wildman–Crippen MR) is 62.6 cm³/mol. The molecule has 0 radical (unpaired) electrons. The lowest BCUT2D eigenvalue weighted by Gasteiger charge is -2.20. The molecular formula is C13H20N2. The van der Waals surface area contributed by atoms with E-state index in [1.165, 1.54) is 24.8 Å². The van der Waals surface area contributed by atoms with Gasteiger partial charge in [-0.05, 0) is 43.9 Å². The summed E-state index contributed by atoms with van der Waals surface area (Å²) in [5.74, 6) is 0.997. The SMILES string of the molecule is CC(CC1CC1)NC(C)c1ccncc1. The Bertz CT molecular complexity index is 293. The van der Waals surface area contributed by atoms with Crippen molar-refractivity contribution in [1.82, 2.24) is 10.3 Å². The standard InChI is InChI=1S/C13H20N2/c1-10(9-12-3-4-12)15-11(2)13-5-7-14-8-6-13/h5-8,10-12,15H,3-4,9H2,1-2H3. The van der Waals surface area contributed by atoms with Gasteiger partial charge >= 0.3 is 0 Å². The largest absolute Gasteiger partial charge is 0.308 e. The maximum absolute atomic E-state index is 4.04. The number of rotatable bonds is 5. The van der Waals surface area contributed by atoms with Gasteiger partial charge in [0.1, 0.15) is 0 Å². The number of pyridine rings is 1. The molecule has 1 aliphatic carbocycles. The Morgan fingerprint density at radius 3 is 2.60 bits per heavy atom. The molecule has 2 rings (SSSR count). The molecule has 1 N–H and O–H groups in total. The molecule has 2 nitrogen and oxygen atoms in total. The fourth-order valence-electron chi connectivity index (χ4n) is 2.10. The first kappa shape index (κ1) is 10.6. The van der Waals surface area contributed by atoms with Gasteiger partial charge in [0.05, 0.1) is 0 Å². The fourth-order valence-corrected chi connectivity index (χ4v) is 2.10. The van der Waals surface area contributed by atoms with Crippen LogP contribution in [0.2, 0.25) is 0 Å². The molecule has 1 saturated carbocycles. The van der Waals surface area contributed by atoms with E-state index in [-0.39, 0.29) is 0 Å². The van der Waals surface area contributed by atoms with E-state index in [1.807, 2.05) is 12.4 Å². The molecule has 2 atom stereocenters. The summed E-state index contributed by atoms with van der Waals surface area (Å²) in [6.07, 6.45) is 7.93. The summed E-state index contributed by atoms with van der Waals surface area (Å²) in [5, 5.41) is 3.64. The molecule has 2 heteroatoms. The first-order valence-electron chi connectivity index (χ1n) is 5.91. The fraction of sp³-hybridized carbons (Fsp3) is 0.615. The summed E-state index contributed by atoms with van der Waals surface area (Å²) in [6, 6.07) is 5.23. The van der Waals surface area contributed by atoms with E-state index >= 15 is 0 Å². The van der Waals surface area contributed by atoms with Crippen LogP contribution in [0.4, 0.5) is 0 Å². The molecule has 1 aromatic heterocycles. The zero-order chi connectivity index (χ0) is 10.7. The predicted octanol–water partition coefficient (Wildman–Crippen LogP) is 2.92. The second kappa shape index (κ2) is 4.75. The van der Waals surface area contributed by atoms with Gasteiger partial charge in [-0.3, -0.25) is 4.98 Å². The third-order valence-corrected chi connectivity index (χ3v) is 3.12. The topological polar surface area (TPSA) is 24.9 Å². The lowest BCUT2D eigenvalue weighted by atomic mass is 10.1. The number of aromatic nitrogens is 1. The zero-order valence-electron chi connectivity index (χ0n) is 9.61. The molecule has 1 fully saturated rings. The van der Waals surface area contributed by atoms with Gasteiger partial charge in [0.25, 0.3) is 0 Å². The molecule has 0 aromatic carbocycles. The third kappa shape index (κ3) is 3.31. The molecule has 0 aliphatic heterocycles. The Morgan fingerprint density at radius 1 is 1.33 bits per heavy atom. The maximum atomic E-state index is 4.04. The average Bonchev–Trinajstić information content (AvgIpc) is 3.03. The van der Waals surface area contributed by atoms with Crippen LogP contribution in [0.15, 0.2) is 24.5 Å². The van der Waals surface area contributed by atoms with Crippen LogP contribution in [0.3, 0.4) is 0 Å². The van der Waals surface area contributed by atoms with Crippen molar-refractivity contribution >= 4 is 0 Å². The van der Waals surface area contributed by atoms with Gasteiger partial charge in [0.15, 0.2) is 0 Å².